The second-order valence-electron chi connectivity index (χ2n) is 3.77. The number of methoxy groups -OCH3 is 1. The maximum absolute atomic E-state index is 5.79. The van der Waals surface area contributed by atoms with Gasteiger partial charge < -0.3 is 9.47 Å². The van der Waals surface area contributed by atoms with Gasteiger partial charge in [0, 0.05) is 7.11 Å². The lowest BCUT2D eigenvalue weighted by Crippen LogP contribution is -2.21. The minimum atomic E-state index is 0.315. The number of hydrogen-bond donors (Lipinski definition) is 0. The molecule has 1 rings (SSSR count). The predicted molar refractivity (Wildman–Crippen MR) is 49.2 cm³/mol. The largest absolute Gasteiger partial charge is 0.382 e. The molecule has 0 saturated carbocycles. The molecule has 1 aliphatic rings. The normalized spacial score (nSPS) is 42.0. The summed E-state index contributed by atoms with van der Waals surface area (Å²) < 4.78 is 10.9. The molecule has 0 aromatic carbocycles. The van der Waals surface area contributed by atoms with Gasteiger partial charge in [0.2, 0.25) is 0 Å². The van der Waals surface area contributed by atoms with Crippen molar-refractivity contribution in [2.24, 2.45) is 11.8 Å². The van der Waals surface area contributed by atoms with Gasteiger partial charge in [0.15, 0.2) is 0 Å². The van der Waals surface area contributed by atoms with Crippen molar-refractivity contribution in [2.45, 2.75) is 39.4 Å². The highest BCUT2D eigenvalue weighted by molar-refractivity contribution is 4.84. The molecule has 4 atom stereocenters. The summed E-state index contributed by atoms with van der Waals surface area (Å²) in [6, 6.07) is 0. The van der Waals surface area contributed by atoms with Crippen LogP contribution in [0.4, 0.5) is 0 Å². The molecule has 0 radical (unpaired) electrons. The molecule has 1 fully saturated rings. The Morgan fingerprint density at radius 3 is 2.42 bits per heavy atom. The van der Waals surface area contributed by atoms with Crippen molar-refractivity contribution in [3.05, 3.63) is 0 Å². The first kappa shape index (κ1) is 10.0. The smallest absolute Gasteiger partial charge is 0.0841 e. The third-order valence-electron chi connectivity index (χ3n) is 3.06. The van der Waals surface area contributed by atoms with Crippen molar-refractivity contribution in [3.63, 3.8) is 0 Å². The average molecular weight is 172 g/mol. The molecular weight excluding hydrogens is 152 g/mol. The van der Waals surface area contributed by atoms with Crippen LogP contribution in [0.15, 0.2) is 0 Å². The van der Waals surface area contributed by atoms with Crippen LogP contribution in [0, 0.1) is 11.8 Å². The van der Waals surface area contributed by atoms with E-state index in [-0.39, 0.29) is 0 Å². The number of rotatable bonds is 3. The lowest BCUT2D eigenvalue weighted by atomic mass is 9.87. The van der Waals surface area contributed by atoms with Gasteiger partial charge in [-0.15, -0.1) is 0 Å². The van der Waals surface area contributed by atoms with Crippen molar-refractivity contribution < 1.29 is 9.47 Å². The van der Waals surface area contributed by atoms with Crippen molar-refractivity contribution in [3.8, 4) is 0 Å². The van der Waals surface area contributed by atoms with Gasteiger partial charge in [0.25, 0.3) is 0 Å². The fourth-order valence-electron chi connectivity index (χ4n) is 2.26. The van der Waals surface area contributed by atoms with Crippen molar-refractivity contribution in [2.75, 3.05) is 13.7 Å². The van der Waals surface area contributed by atoms with E-state index >= 15 is 0 Å². The van der Waals surface area contributed by atoms with Crippen LogP contribution in [0.1, 0.15) is 27.2 Å². The molecule has 0 bridgehead atoms. The minimum absolute atomic E-state index is 0.315. The molecule has 1 saturated heterocycles. The quantitative estimate of drug-likeness (QED) is 0.649. The van der Waals surface area contributed by atoms with Crippen LogP contribution in [-0.2, 0) is 9.47 Å². The van der Waals surface area contributed by atoms with Crippen LogP contribution in [0.25, 0.3) is 0 Å². The fourth-order valence-corrected chi connectivity index (χ4v) is 2.26. The van der Waals surface area contributed by atoms with E-state index in [4.69, 9.17) is 9.47 Å². The van der Waals surface area contributed by atoms with Gasteiger partial charge >= 0.3 is 0 Å². The van der Waals surface area contributed by atoms with Crippen molar-refractivity contribution >= 4 is 0 Å². The summed E-state index contributed by atoms with van der Waals surface area (Å²) in [7, 11) is 1.74. The Hall–Kier alpha value is -0.0800. The summed E-state index contributed by atoms with van der Waals surface area (Å²) in [5.74, 6) is 1.36. The first-order chi connectivity index (χ1) is 5.70. The molecule has 1 aliphatic heterocycles. The van der Waals surface area contributed by atoms with E-state index in [2.05, 4.69) is 20.8 Å². The Labute approximate surface area is 75.2 Å². The van der Waals surface area contributed by atoms with Gasteiger partial charge in [-0.25, -0.2) is 0 Å². The fraction of sp³-hybridized carbons (Fsp3) is 1.00. The van der Waals surface area contributed by atoms with Crippen LogP contribution >= 0.6 is 0 Å². The lowest BCUT2D eigenvalue weighted by Gasteiger charge is -2.16. The monoisotopic (exact) mass is 172 g/mol. The van der Waals surface area contributed by atoms with E-state index in [1.165, 1.54) is 6.42 Å². The molecular formula is C10H20O2. The highest BCUT2D eigenvalue weighted by Gasteiger charge is 2.37. The van der Waals surface area contributed by atoms with Crippen LogP contribution in [-0.4, -0.2) is 25.9 Å². The molecule has 0 aromatic heterocycles. The molecule has 72 valence electrons. The summed E-state index contributed by atoms with van der Waals surface area (Å²) in [6.07, 6.45) is 1.93. The van der Waals surface area contributed by atoms with Gasteiger partial charge in [-0.2, -0.15) is 0 Å². The van der Waals surface area contributed by atoms with E-state index in [0.717, 1.165) is 6.61 Å². The van der Waals surface area contributed by atoms with Gasteiger partial charge in [-0.05, 0) is 18.8 Å². The maximum Gasteiger partial charge on any atom is 0.0841 e. The predicted octanol–water partition coefficient (Wildman–Crippen LogP) is 2.08. The molecule has 2 heteroatoms. The average Bonchev–Trinajstić information content (AvgIpc) is 2.29. The standard InChI is InChI=1S/C10H20O2/c1-5-9-7(2)10(6-11-4)12-8(9)3/h7-10H,5-6H2,1-4H3. The highest BCUT2D eigenvalue weighted by atomic mass is 16.5. The Morgan fingerprint density at radius 1 is 1.33 bits per heavy atom. The van der Waals surface area contributed by atoms with Crippen LogP contribution in [0.5, 0.6) is 0 Å². The maximum atomic E-state index is 5.79. The summed E-state index contributed by atoms with van der Waals surface area (Å²) in [6.45, 7) is 7.40. The third-order valence-corrected chi connectivity index (χ3v) is 3.06. The Morgan fingerprint density at radius 2 is 2.00 bits per heavy atom. The van der Waals surface area contributed by atoms with Crippen LogP contribution in [0.3, 0.4) is 0 Å². The van der Waals surface area contributed by atoms with Gasteiger partial charge in [0.1, 0.15) is 0 Å². The van der Waals surface area contributed by atoms with Gasteiger partial charge in [0.05, 0.1) is 18.8 Å². The van der Waals surface area contributed by atoms with E-state index in [1.807, 2.05) is 0 Å². The summed E-state index contributed by atoms with van der Waals surface area (Å²) in [5.41, 5.74) is 0. The zero-order chi connectivity index (χ0) is 9.14. The number of ether oxygens (including phenoxy) is 2. The molecule has 0 amide bonds. The summed E-state index contributed by atoms with van der Waals surface area (Å²) in [5, 5.41) is 0. The third kappa shape index (κ3) is 1.80. The van der Waals surface area contributed by atoms with Crippen molar-refractivity contribution in [1.82, 2.24) is 0 Å². The van der Waals surface area contributed by atoms with Crippen molar-refractivity contribution in [1.29, 1.82) is 0 Å². The molecule has 2 nitrogen and oxygen atoms in total. The van der Waals surface area contributed by atoms with Crippen LogP contribution in [0.2, 0.25) is 0 Å². The first-order valence-electron chi connectivity index (χ1n) is 4.85. The minimum Gasteiger partial charge on any atom is -0.382 e. The molecule has 1 heterocycles. The molecule has 0 aromatic rings. The second kappa shape index (κ2) is 4.24. The lowest BCUT2D eigenvalue weighted by molar-refractivity contribution is -0.00723. The van der Waals surface area contributed by atoms with E-state index < -0.39 is 0 Å². The van der Waals surface area contributed by atoms with E-state index in [9.17, 15) is 0 Å². The van der Waals surface area contributed by atoms with Gasteiger partial charge in [-0.1, -0.05) is 20.3 Å². The molecule has 0 N–H and O–H groups in total. The molecule has 0 aliphatic carbocycles. The zero-order valence-corrected chi connectivity index (χ0v) is 8.54. The number of hydrogen-bond acceptors (Lipinski definition) is 2. The Balaban J connectivity index is 2.49. The second-order valence-corrected chi connectivity index (χ2v) is 3.77. The Kier molecular flexibility index (Phi) is 3.53. The highest BCUT2D eigenvalue weighted by Crippen LogP contribution is 2.34. The summed E-state index contributed by atoms with van der Waals surface area (Å²) >= 11 is 0. The molecule has 12 heavy (non-hydrogen) atoms. The SMILES string of the molecule is CCC1C(C)OC(COC)C1C. The summed E-state index contributed by atoms with van der Waals surface area (Å²) in [4.78, 5) is 0. The zero-order valence-electron chi connectivity index (χ0n) is 8.54. The molecule has 4 unspecified atom stereocenters. The first-order valence-corrected chi connectivity index (χ1v) is 4.85. The van der Waals surface area contributed by atoms with Gasteiger partial charge in [-0.3, -0.25) is 0 Å². The van der Waals surface area contributed by atoms with Crippen LogP contribution < -0.4 is 0 Å². The van der Waals surface area contributed by atoms with E-state index in [1.54, 1.807) is 7.11 Å². The Bertz CT molecular complexity index is 136. The van der Waals surface area contributed by atoms with E-state index in [0.29, 0.717) is 24.0 Å². The molecule has 0 spiro atoms. The topological polar surface area (TPSA) is 18.5 Å².